The summed E-state index contributed by atoms with van der Waals surface area (Å²) in [6.07, 6.45) is 1.12. The van der Waals surface area contributed by atoms with Gasteiger partial charge in [0.25, 0.3) is 0 Å². The summed E-state index contributed by atoms with van der Waals surface area (Å²) in [4.78, 5) is 34.3. The number of hydrogen-bond donors (Lipinski definition) is 0. The monoisotopic (exact) mass is 500 g/mol. The molecule has 36 heavy (non-hydrogen) atoms. The lowest BCUT2D eigenvalue weighted by atomic mass is 10.1. The smallest absolute Gasteiger partial charge is 0.343 e. The highest BCUT2D eigenvalue weighted by Gasteiger charge is 2.58. The quantitative estimate of drug-likeness (QED) is 0.461. The SMILES string of the molecule is CCOC(=O)c1cn(-c2ccc(F)cc2F)c2nc(N3CC4C(C3)C4N(CC)CC)c(F)cc2c1=O. The van der Waals surface area contributed by atoms with Crippen LogP contribution in [-0.2, 0) is 4.74 Å². The Bertz CT molecular complexity index is 1390. The molecule has 10 heteroatoms. The Hall–Kier alpha value is -3.40. The van der Waals surface area contributed by atoms with Crippen molar-refractivity contribution in [2.24, 2.45) is 11.8 Å². The number of aromatic nitrogens is 2. The van der Waals surface area contributed by atoms with Gasteiger partial charge in [0, 0.05) is 31.4 Å². The van der Waals surface area contributed by atoms with Crippen LogP contribution in [0.15, 0.2) is 35.3 Å². The topological polar surface area (TPSA) is 67.7 Å². The van der Waals surface area contributed by atoms with E-state index in [0.29, 0.717) is 37.0 Å². The number of benzene rings is 1. The van der Waals surface area contributed by atoms with Crippen LogP contribution in [-0.4, -0.2) is 59.2 Å². The van der Waals surface area contributed by atoms with Crippen LogP contribution in [0.3, 0.4) is 0 Å². The van der Waals surface area contributed by atoms with Gasteiger partial charge in [-0.3, -0.25) is 9.36 Å². The van der Waals surface area contributed by atoms with Crippen molar-refractivity contribution in [1.29, 1.82) is 0 Å². The molecule has 0 bridgehead atoms. The molecule has 1 saturated heterocycles. The molecular weight excluding hydrogens is 473 g/mol. The molecule has 5 rings (SSSR count). The average molecular weight is 501 g/mol. The normalized spacial score (nSPS) is 20.8. The van der Waals surface area contributed by atoms with Crippen LogP contribution in [0.5, 0.6) is 0 Å². The van der Waals surface area contributed by atoms with E-state index in [9.17, 15) is 18.4 Å². The van der Waals surface area contributed by atoms with Crippen LogP contribution in [0.1, 0.15) is 31.1 Å². The van der Waals surface area contributed by atoms with E-state index in [1.165, 1.54) is 10.6 Å². The average Bonchev–Trinajstić information content (AvgIpc) is 3.32. The lowest BCUT2D eigenvalue weighted by molar-refractivity contribution is 0.0524. The van der Waals surface area contributed by atoms with Gasteiger partial charge in [0.15, 0.2) is 17.3 Å². The highest BCUT2D eigenvalue weighted by molar-refractivity contribution is 5.94. The Morgan fingerprint density at radius 1 is 1.08 bits per heavy atom. The van der Waals surface area contributed by atoms with Crippen LogP contribution in [0.25, 0.3) is 16.7 Å². The number of halogens is 3. The van der Waals surface area contributed by atoms with Crippen LogP contribution in [0.4, 0.5) is 19.0 Å². The lowest BCUT2D eigenvalue weighted by Crippen LogP contribution is -2.35. The molecule has 1 aliphatic carbocycles. The summed E-state index contributed by atoms with van der Waals surface area (Å²) in [7, 11) is 0. The molecule has 3 aromatic rings. The van der Waals surface area contributed by atoms with Crippen molar-refractivity contribution in [3.63, 3.8) is 0 Å². The highest BCUT2D eigenvalue weighted by Crippen LogP contribution is 2.50. The molecule has 1 saturated carbocycles. The molecule has 1 aromatic carbocycles. The molecule has 0 amide bonds. The van der Waals surface area contributed by atoms with E-state index in [0.717, 1.165) is 31.4 Å². The molecule has 7 nitrogen and oxygen atoms in total. The van der Waals surface area contributed by atoms with E-state index in [4.69, 9.17) is 4.74 Å². The van der Waals surface area contributed by atoms with Gasteiger partial charge >= 0.3 is 5.97 Å². The highest BCUT2D eigenvalue weighted by atomic mass is 19.1. The second-order valence-electron chi connectivity index (χ2n) is 9.17. The van der Waals surface area contributed by atoms with Crippen molar-refractivity contribution in [3.05, 3.63) is 63.7 Å². The van der Waals surface area contributed by atoms with Crippen molar-refractivity contribution >= 4 is 22.8 Å². The molecule has 2 aromatic heterocycles. The van der Waals surface area contributed by atoms with Gasteiger partial charge in [0.1, 0.15) is 17.2 Å². The van der Waals surface area contributed by atoms with E-state index >= 15 is 4.39 Å². The van der Waals surface area contributed by atoms with Crippen LogP contribution >= 0.6 is 0 Å². The fraction of sp³-hybridized carbons (Fsp3) is 0.423. The lowest BCUT2D eigenvalue weighted by Gasteiger charge is -2.26. The number of hydrogen-bond acceptors (Lipinski definition) is 6. The number of carbonyl (C=O) groups is 1. The van der Waals surface area contributed by atoms with Gasteiger partial charge in [-0.2, -0.15) is 0 Å². The molecule has 2 atom stereocenters. The zero-order valence-electron chi connectivity index (χ0n) is 20.3. The van der Waals surface area contributed by atoms with Crippen molar-refractivity contribution in [3.8, 4) is 5.69 Å². The molecule has 0 spiro atoms. The molecule has 190 valence electrons. The summed E-state index contributed by atoms with van der Waals surface area (Å²) in [5.41, 5.74) is -1.34. The summed E-state index contributed by atoms with van der Waals surface area (Å²) in [6.45, 7) is 8.99. The minimum atomic E-state index is -0.924. The molecule has 2 fully saturated rings. The van der Waals surface area contributed by atoms with Gasteiger partial charge in [0.05, 0.1) is 17.7 Å². The standard InChI is InChI=1S/C26H27F3N4O3/c1-4-31(5-2)22-16-11-32(12-17(16)22)25-20(29)10-15-23(34)18(26(35)36-6-3)13-33(24(15)30-25)21-8-7-14(27)9-19(21)28/h7-10,13,16-17,22H,4-6,11-12H2,1-3H3. The maximum absolute atomic E-state index is 15.3. The second-order valence-corrected chi connectivity index (χ2v) is 9.17. The Balaban J connectivity index is 1.62. The second kappa shape index (κ2) is 9.24. The van der Waals surface area contributed by atoms with Gasteiger partial charge in [-0.25, -0.2) is 22.9 Å². The van der Waals surface area contributed by atoms with Gasteiger partial charge in [0.2, 0.25) is 5.43 Å². The van der Waals surface area contributed by atoms with Crippen molar-refractivity contribution in [2.75, 3.05) is 37.7 Å². The number of rotatable bonds is 7. The van der Waals surface area contributed by atoms with E-state index in [1.54, 1.807) is 6.92 Å². The largest absolute Gasteiger partial charge is 0.462 e. The Morgan fingerprint density at radius 2 is 1.78 bits per heavy atom. The third kappa shape index (κ3) is 3.93. The first-order valence-corrected chi connectivity index (χ1v) is 12.2. The zero-order chi connectivity index (χ0) is 25.7. The number of nitrogens with zero attached hydrogens (tertiary/aromatic N) is 4. The number of anilines is 1. The first-order chi connectivity index (χ1) is 17.3. The van der Waals surface area contributed by atoms with E-state index in [1.807, 2.05) is 4.90 Å². The van der Waals surface area contributed by atoms with Crippen molar-refractivity contribution < 1.29 is 22.7 Å². The Kier molecular flexibility index (Phi) is 6.23. The molecule has 2 aliphatic rings. The molecule has 3 heterocycles. The summed E-state index contributed by atoms with van der Waals surface area (Å²) in [5.74, 6) is -2.46. The third-order valence-electron chi connectivity index (χ3n) is 7.26. The van der Waals surface area contributed by atoms with E-state index < -0.39 is 34.4 Å². The van der Waals surface area contributed by atoms with Crippen LogP contribution < -0.4 is 10.3 Å². The zero-order valence-corrected chi connectivity index (χ0v) is 20.3. The molecule has 0 radical (unpaired) electrons. The summed E-state index contributed by atoms with van der Waals surface area (Å²) >= 11 is 0. The van der Waals surface area contributed by atoms with Gasteiger partial charge in [-0.1, -0.05) is 13.8 Å². The fourth-order valence-corrected chi connectivity index (χ4v) is 5.51. The van der Waals surface area contributed by atoms with Gasteiger partial charge < -0.3 is 14.5 Å². The molecule has 0 N–H and O–H groups in total. The Morgan fingerprint density at radius 3 is 2.39 bits per heavy atom. The number of pyridine rings is 2. The predicted molar refractivity (Wildman–Crippen MR) is 129 cm³/mol. The summed E-state index contributed by atoms with van der Waals surface area (Å²) in [5, 5.41) is -0.198. The van der Waals surface area contributed by atoms with Crippen molar-refractivity contribution in [2.45, 2.75) is 26.8 Å². The number of fused-ring (bicyclic) bond motifs is 2. The van der Waals surface area contributed by atoms with E-state index in [-0.39, 0.29) is 29.1 Å². The van der Waals surface area contributed by atoms with E-state index in [2.05, 4.69) is 23.7 Å². The first-order valence-electron chi connectivity index (χ1n) is 12.2. The third-order valence-corrected chi connectivity index (χ3v) is 7.26. The summed E-state index contributed by atoms with van der Waals surface area (Å²) in [6, 6.07) is 4.42. The first kappa shape index (κ1) is 24.3. The maximum Gasteiger partial charge on any atom is 0.343 e. The Labute approximate surface area is 206 Å². The number of carbonyl (C=O) groups excluding carboxylic acids is 1. The molecule has 1 aliphatic heterocycles. The number of ether oxygens (including phenoxy) is 1. The minimum absolute atomic E-state index is 0.0124. The molecular formula is C26H27F3N4O3. The minimum Gasteiger partial charge on any atom is -0.462 e. The summed E-state index contributed by atoms with van der Waals surface area (Å²) < 4.78 is 49.9. The van der Waals surface area contributed by atoms with Crippen LogP contribution in [0, 0.1) is 29.3 Å². The van der Waals surface area contributed by atoms with Gasteiger partial charge in [-0.15, -0.1) is 0 Å². The maximum atomic E-state index is 15.3. The van der Waals surface area contributed by atoms with Crippen LogP contribution in [0.2, 0.25) is 0 Å². The van der Waals surface area contributed by atoms with Crippen molar-refractivity contribution in [1.82, 2.24) is 14.5 Å². The fourth-order valence-electron chi connectivity index (χ4n) is 5.51. The number of esters is 1. The number of piperidine rings is 1. The predicted octanol–water partition coefficient (Wildman–Crippen LogP) is 3.76. The van der Waals surface area contributed by atoms with Gasteiger partial charge in [-0.05, 0) is 50.0 Å². The molecule has 2 unspecified atom stereocenters.